The number of anilines is 2. The van der Waals surface area contributed by atoms with Crippen LogP contribution in [0.1, 0.15) is 73.4 Å². The van der Waals surface area contributed by atoms with E-state index in [9.17, 15) is 0 Å². The summed E-state index contributed by atoms with van der Waals surface area (Å²) in [5.41, 5.74) is 9.85. The summed E-state index contributed by atoms with van der Waals surface area (Å²) in [6.07, 6.45) is 7.70. The molecule has 2 aromatic heterocycles. The average Bonchev–Trinajstić information content (AvgIpc) is 3.53. The van der Waals surface area contributed by atoms with Crippen molar-refractivity contribution in [1.82, 2.24) is 20.2 Å². The number of hydrogen-bond donors (Lipinski definition) is 1. The smallest absolute Gasteiger partial charge is 0.162 e. The topological polar surface area (TPSA) is 70.2 Å². The normalized spacial score (nSPS) is 22.4. The Morgan fingerprint density at radius 2 is 1.77 bits per heavy atom. The van der Waals surface area contributed by atoms with Crippen LogP contribution < -0.4 is 9.80 Å². The van der Waals surface area contributed by atoms with Gasteiger partial charge in [-0.25, -0.2) is 9.97 Å². The highest BCUT2D eigenvalue weighted by Gasteiger charge is 2.43. The number of rotatable bonds is 5. The van der Waals surface area contributed by atoms with Crippen LogP contribution in [0.5, 0.6) is 0 Å². The Bertz CT molecular complexity index is 1560. The molecule has 0 spiro atoms. The van der Waals surface area contributed by atoms with Gasteiger partial charge in [0, 0.05) is 60.9 Å². The largest absolute Gasteiger partial charge is 0.381 e. The van der Waals surface area contributed by atoms with Gasteiger partial charge in [-0.3, -0.25) is 5.10 Å². The van der Waals surface area contributed by atoms with E-state index in [0.717, 1.165) is 60.5 Å². The molecule has 2 bridgehead atoms. The summed E-state index contributed by atoms with van der Waals surface area (Å²) in [7, 11) is 1.87. The van der Waals surface area contributed by atoms with E-state index >= 15 is 0 Å². The van der Waals surface area contributed by atoms with Crippen LogP contribution in [-0.4, -0.2) is 52.0 Å². The second kappa shape index (κ2) is 9.88. The van der Waals surface area contributed by atoms with Gasteiger partial charge in [0.25, 0.3) is 0 Å². The Morgan fingerprint density at radius 3 is 2.52 bits per heavy atom. The van der Waals surface area contributed by atoms with Crippen LogP contribution in [0.15, 0.2) is 36.5 Å². The number of nitrogens with one attached hydrogen (secondary N) is 1. The van der Waals surface area contributed by atoms with E-state index in [1.54, 1.807) is 0 Å². The Balaban J connectivity index is 1.37. The average molecular weight is 537 g/mol. The first-order valence-electron chi connectivity index (χ1n) is 14.9. The van der Waals surface area contributed by atoms with Gasteiger partial charge in [0.2, 0.25) is 0 Å². The summed E-state index contributed by atoms with van der Waals surface area (Å²) in [6, 6.07) is 12.1. The molecule has 1 N–H and O–H groups in total. The van der Waals surface area contributed by atoms with Gasteiger partial charge in [0.15, 0.2) is 5.82 Å². The highest BCUT2D eigenvalue weighted by molar-refractivity contribution is 5.94. The molecule has 2 aromatic carbocycles. The van der Waals surface area contributed by atoms with Crippen molar-refractivity contribution >= 4 is 22.4 Å². The van der Waals surface area contributed by atoms with Crippen LogP contribution in [-0.2, 0) is 17.7 Å². The van der Waals surface area contributed by atoms with Crippen LogP contribution in [0.25, 0.3) is 22.3 Å². The van der Waals surface area contributed by atoms with Crippen molar-refractivity contribution in [3.05, 3.63) is 64.5 Å². The van der Waals surface area contributed by atoms with E-state index in [1.807, 2.05) is 13.3 Å². The number of piperidine rings is 1. The highest BCUT2D eigenvalue weighted by atomic mass is 16.5. The fraction of sp³-hybridized carbons (Fsp3) is 0.485. The highest BCUT2D eigenvalue weighted by Crippen LogP contribution is 2.44. The molecule has 0 saturated carbocycles. The minimum Gasteiger partial charge on any atom is -0.381 e. The number of aryl methyl sites for hydroxylation is 2. The van der Waals surface area contributed by atoms with Crippen molar-refractivity contribution in [2.75, 3.05) is 23.5 Å². The number of benzene rings is 2. The van der Waals surface area contributed by atoms with Crippen molar-refractivity contribution in [3.8, 4) is 11.4 Å². The molecule has 3 aliphatic heterocycles. The lowest BCUT2D eigenvalue weighted by Crippen LogP contribution is -2.47. The number of fused-ring (bicyclic) bond motifs is 4. The molecule has 0 aliphatic carbocycles. The van der Waals surface area contributed by atoms with Gasteiger partial charge in [0.05, 0.1) is 23.5 Å². The molecule has 2 unspecified atom stereocenters. The third-order valence-corrected chi connectivity index (χ3v) is 9.60. The summed E-state index contributed by atoms with van der Waals surface area (Å²) in [5, 5.41) is 8.57. The van der Waals surface area contributed by atoms with Gasteiger partial charge < -0.3 is 14.5 Å². The third kappa shape index (κ3) is 4.17. The Labute approximate surface area is 237 Å². The quantitative estimate of drug-likeness (QED) is 0.315. The summed E-state index contributed by atoms with van der Waals surface area (Å²) in [4.78, 5) is 16.0. The predicted molar refractivity (Wildman–Crippen MR) is 161 cm³/mol. The zero-order valence-electron chi connectivity index (χ0n) is 24.4. The lowest BCUT2D eigenvalue weighted by atomic mass is 9.96. The molecule has 7 rings (SSSR count). The Kier molecular flexibility index (Phi) is 6.30. The van der Waals surface area contributed by atoms with Gasteiger partial charge >= 0.3 is 0 Å². The molecule has 2 atom stereocenters. The molecule has 5 heterocycles. The predicted octanol–water partition coefficient (Wildman–Crippen LogP) is 6.47. The van der Waals surface area contributed by atoms with Crippen LogP contribution in [0.2, 0.25) is 0 Å². The van der Waals surface area contributed by atoms with E-state index in [2.05, 4.69) is 78.0 Å². The first kappa shape index (κ1) is 25.5. The molecule has 0 amide bonds. The number of nitrogens with zero attached hydrogens (tertiary/aromatic N) is 5. The van der Waals surface area contributed by atoms with E-state index in [1.165, 1.54) is 46.5 Å². The SMILES string of the molecule is COC1CC2CCC(C1)N2c1nc(-c2c(C)ccc3[nH]ncc23)nc2c1CN(c1cc(C(C)C)ccc1C)CC2. The fourth-order valence-corrected chi connectivity index (χ4v) is 7.34. The summed E-state index contributed by atoms with van der Waals surface area (Å²) >= 11 is 0. The molecule has 4 aromatic rings. The van der Waals surface area contributed by atoms with E-state index in [0.29, 0.717) is 24.1 Å². The minimum atomic E-state index is 0.339. The summed E-state index contributed by atoms with van der Waals surface area (Å²) in [6.45, 7) is 10.7. The molecule has 2 fully saturated rings. The van der Waals surface area contributed by atoms with Crippen molar-refractivity contribution < 1.29 is 4.74 Å². The van der Waals surface area contributed by atoms with Crippen molar-refractivity contribution in [1.29, 1.82) is 0 Å². The van der Waals surface area contributed by atoms with Crippen LogP contribution in [0.3, 0.4) is 0 Å². The van der Waals surface area contributed by atoms with Gasteiger partial charge in [-0.15, -0.1) is 0 Å². The second-order valence-electron chi connectivity index (χ2n) is 12.4. The number of aromatic nitrogens is 4. The van der Waals surface area contributed by atoms with Crippen LogP contribution in [0.4, 0.5) is 11.5 Å². The molecular weight excluding hydrogens is 496 g/mol. The first-order chi connectivity index (χ1) is 19.4. The zero-order valence-corrected chi connectivity index (χ0v) is 24.4. The Morgan fingerprint density at radius 1 is 1.00 bits per heavy atom. The van der Waals surface area contributed by atoms with Crippen LogP contribution in [0, 0.1) is 13.8 Å². The maximum Gasteiger partial charge on any atom is 0.162 e. The van der Waals surface area contributed by atoms with Gasteiger partial charge in [-0.1, -0.05) is 32.0 Å². The third-order valence-electron chi connectivity index (χ3n) is 9.60. The standard InChI is InChI=1S/C33H40N6O/c1-19(2)22-8-6-20(3)30(14-22)38-13-12-28-27(18-38)33(39-23-9-10-24(39)16-25(15-23)40-5)36-32(35-28)31-21(4)7-11-29-26(31)17-34-37-29/h6-8,11,14,17,19,23-25H,9-10,12-13,15-16,18H2,1-5H3,(H,34,37). The maximum atomic E-state index is 5.86. The van der Waals surface area contributed by atoms with Crippen molar-refractivity contribution in [3.63, 3.8) is 0 Å². The molecule has 2 saturated heterocycles. The van der Waals surface area contributed by atoms with Gasteiger partial charge in [0.1, 0.15) is 5.82 Å². The molecule has 3 aliphatic rings. The maximum absolute atomic E-state index is 5.86. The number of H-pyrrole nitrogens is 1. The second-order valence-corrected chi connectivity index (χ2v) is 12.4. The van der Waals surface area contributed by atoms with Gasteiger partial charge in [-0.05, 0) is 74.3 Å². The van der Waals surface area contributed by atoms with Gasteiger partial charge in [-0.2, -0.15) is 5.10 Å². The Hall–Kier alpha value is -3.45. The lowest BCUT2D eigenvalue weighted by Gasteiger charge is -2.42. The molecule has 208 valence electrons. The minimum absolute atomic E-state index is 0.339. The first-order valence-corrected chi connectivity index (χ1v) is 14.9. The molecule has 40 heavy (non-hydrogen) atoms. The molecular formula is C33H40N6O. The molecule has 7 heteroatoms. The fourth-order valence-electron chi connectivity index (χ4n) is 7.34. The number of ether oxygens (including phenoxy) is 1. The molecule has 0 radical (unpaired) electrons. The lowest BCUT2D eigenvalue weighted by molar-refractivity contribution is 0.0681. The number of hydrogen-bond acceptors (Lipinski definition) is 6. The summed E-state index contributed by atoms with van der Waals surface area (Å²) < 4.78 is 5.86. The van der Waals surface area contributed by atoms with E-state index in [-0.39, 0.29) is 0 Å². The van der Waals surface area contributed by atoms with Crippen LogP contribution >= 0.6 is 0 Å². The van der Waals surface area contributed by atoms with E-state index < -0.39 is 0 Å². The number of aromatic amines is 1. The zero-order chi connectivity index (χ0) is 27.5. The summed E-state index contributed by atoms with van der Waals surface area (Å²) in [5.74, 6) is 2.48. The number of methoxy groups -OCH3 is 1. The monoisotopic (exact) mass is 536 g/mol. The van der Waals surface area contributed by atoms with Crippen molar-refractivity contribution in [2.45, 2.75) is 90.4 Å². The van der Waals surface area contributed by atoms with E-state index in [4.69, 9.17) is 14.7 Å². The molecule has 7 nitrogen and oxygen atoms in total. The van der Waals surface area contributed by atoms with Crippen molar-refractivity contribution in [2.24, 2.45) is 0 Å².